The summed E-state index contributed by atoms with van der Waals surface area (Å²) in [5.41, 5.74) is 5.66. The van der Waals surface area contributed by atoms with Crippen molar-refractivity contribution in [2.75, 3.05) is 33.3 Å². The summed E-state index contributed by atoms with van der Waals surface area (Å²) in [6.45, 7) is 4.52. The minimum Gasteiger partial charge on any atom is -0.481 e. The highest BCUT2D eigenvalue weighted by atomic mass is 35.5. The number of aliphatic carboxylic acids is 1. The molecule has 0 unspecified atom stereocenters. The zero-order valence-corrected chi connectivity index (χ0v) is 30.2. The molecule has 2 aromatic heterocycles. The molecule has 0 saturated carbocycles. The zero-order valence-electron chi connectivity index (χ0n) is 29.5. The predicted octanol–water partition coefficient (Wildman–Crippen LogP) is 7.45. The molecule has 0 bridgehead atoms. The summed E-state index contributed by atoms with van der Waals surface area (Å²) in [6.07, 6.45) is -1.66. The molecule has 2 fully saturated rings. The molecule has 3 atom stereocenters. The van der Waals surface area contributed by atoms with Crippen LogP contribution in [0.25, 0.3) is 44.9 Å². The first kappa shape index (κ1) is 36.2. The third-order valence-electron chi connectivity index (χ3n) is 10.8. The van der Waals surface area contributed by atoms with Crippen LogP contribution in [0.4, 0.5) is 13.2 Å². The van der Waals surface area contributed by atoms with Gasteiger partial charge in [0.15, 0.2) is 11.3 Å². The Balaban J connectivity index is 1.15. The van der Waals surface area contributed by atoms with E-state index in [1.807, 2.05) is 36.1 Å². The van der Waals surface area contributed by atoms with Crippen molar-refractivity contribution in [3.8, 4) is 45.5 Å². The van der Waals surface area contributed by atoms with Crippen molar-refractivity contribution < 1.29 is 42.1 Å². The average molecular weight is 764 g/mol. The molecule has 11 nitrogen and oxygen atoms in total. The normalized spacial score (nSPS) is 20.5. The van der Waals surface area contributed by atoms with E-state index in [0.717, 1.165) is 17.7 Å². The third kappa shape index (κ3) is 6.76. The lowest BCUT2D eigenvalue weighted by molar-refractivity contribution is -0.274. The second kappa shape index (κ2) is 14.1. The topological polar surface area (TPSA) is 134 Å². The van der Waals surface area contributed by atoms with Crippen LogP contribution in [-0.2, 0) is 17.8 Å². The number of benzene rings is 3. The Bertz CT molecular complexity index is 2260. The van der Waals surface area contributed by atoms with E-state index < -0.39 is 24.0 Å². The summed E-state index contributed by atoms with van der Waals surface area (Å²) in [5.74, 6) is -1.33. The number of hydrogen-bond acceptors (Lipinski definition) is 10. The molecule has 2 N–H and O–H groups in total. The molecular weight excluding hydrogens is 727 g/mol. The number of nitrogens with zero attached hydrogens (tertiary/aromatic N) is 5. The van der Waals surface area contributed by atoms with Gasteiger partial charge in [0, 0.05) is 54.5 Å². The number of likely N-dealkylation sites (tertiary alicyclic amines) is 2. The Morgan fingerprint density at radius 3 is 2.50 bits per heavy atom. The van der Waals surface area contributed by atoms with Gasteiger partial charge >= 0.3 is 12.3 Å². The first-order valence-electron chi connectivity index (χ1n) is 17.8. The summed E-state index contributed by atoms with van der Waals surface area (Å²) < 4.78 is 58.0. The van der Waals surface area contributed by atoms with Crippen LogP contribution in [0.3, 0.4) is 0 Å². The second-order valence-corrected chi connectivity index (χ2v) is 14.5. The number of aliphatic hydroxyl groups is 1. The smallest absolute Gasteiger partial charge is 0.481 e. The van der Waals surface area contributed by atoms with Gasteiger partial charge in [0.05, 0.1) is 36.0 Å². The molecule has 54 heavy (non-hydrogen) atoms. The quantitative estimate of drug-likeness (QED) is 0.155. The highest BCUT2D eigenvalue weighted by molar-refractivity contribution is 6.36. The van der Waals surface area contributed by atoms with Crippen molar-refractivity contribution in [2.45, 2.75) is 57.7 Å². The van der Waals surface area contributed by atoms with Crippen molar-refractivity contribution in [3.63, 3.8) is 0 Å². The van der Waals surface area contributed by atoms with E-state index in [1.54, 1.807) is 24.4 Å². The monoisotopic (exact) mass is 763 g/mol. The molecular formula is C39H37ClF3N5O6. The van der Waals surface area contributed by atoms with Gasteiger partial charge < -0.3 is 24.1 Å². The number of ether oxygens (including phenoxy) is 2. The number of aliphatic hydroxyl groups excluding tert-OH is 1. The van der Waals surface area contributed by atoms with Crippen molar-refractivity contribution in [3.05, 3.63) is 76.1 Å². The number of oxazole rings is 1. The van der Waals surface area contributed by atoms with Crippen molar-refractivity contribution in [2.24, 2.45) is 5.92 Å². The number of methoxy groups -OCH3 is 1. The summed E-state index contributed by atoms with van der Waals surface area (Å²) in [5, 5.41) is 19.9. The van der Waals surface area contributed by atoms with Crippen molar-refractivity contribution in [1.82, 2.24) is 24.8 Å². The molecule has 0 amide bonds. The van der Waals surface area contributed by atoms with Crippen LogP contribution in [0.15, 0.2) is 53.1 Å². The third-order valence-corrected chi connectivity index (χ3v) is 11.2. The molecule has 1 aliphatic carbocycles. The molecule has 3 aromatic carbocycles. The summed E-state index contributed by atoms with van der Waals surface area (Å²) in [4.78, 5) is 29.8. The number of alkyl halides is 3. The molecule has 282 valence electrons. The molecule has 0 radical (unpaired) electrons. The minimum absolute atomic E-state index is 0.103. The summed E-state index contributed by atoms with van der Waals surface area (Å²) >= 11 is 7.09. The van der Waals surface area contributed by atoms with Gasteiger partial charge in [-0.1, -0.05) is 41.9 Å². The Kier molecular flexibility index (Phi) is 9.49. The molecule has 0 spiro atoms. The Morgan fingerprint density at radius 1 is 1.04 bits per heavy atom. The average Bonchev–Trinajstić information content (AvgIpc) is 3.95. The highest BCUT2D eigenvalue weighted by Gasteiger charge is 2.41. The fourth-order valence-electron chi connectivity index (χ4n) is 8.14. The van der Waals surface area contributed by atoms with Crippen molar-refractivity contribution in [1.29, 1.82) is 0 Å². The first-order valence-corrected chi connectivity index (χ1v) is 18.1. The van der Waals surface area contributed by atoms with E-state index in [1.165, 1.54) is 7.11 Å². The van der Waals surface area contributed by atoms with E-state index in [-0.39, 0.29) is 29.1 Å². The summed E-state index contributed by atoms with van der Waals surface area (Å²) in [6, 6.07) is 12.5. The maximum atomic E-state index is 13.9. The number of carboxylic acids is 1. The Morgan fingerprint density at radius 2 is 1.80 bits per heavy atom. The van der Waals surface area contributed by atoms with Gasteiger partial charge in [-0.2, -0.15) is 0 Å². The maximum Gasteiger partial charge on any atom is 0.573 e. The van der Waals surface area contributed by atoms with Crippen LogP contribution in [0.5, 0.6) is 11.6 Å². The summed E-state index contributed by atoms with van der Waals surface area (Å²) in [7, 11) is 1.53. The number of β-amino-alcohol motifs (C(OH)–C–C–N with tert-alkyl or cyclic N) is 1. The highest BCUT2D eigenvalue weighted by Crippen LogP contribution is 2.48. The van der Waals surface area contributed by atoms with Crippen LogP contribution in [-0.4, -0.2) is 86.7 Å². The maximum absolute atomic E-state index is 13.9. The Labute approximate surface area is 313 Å². The van der Waals surface area contributed by atoms with E-state index in [2.05, 4.69) is 14.6 Å². The standard InChI is InChI=1S/C39H37ClF3N5O6/c1-20-23(25-7-4-8-27(33(25)40)30-16-44-31(37(46-30)52-2)19-47-13-12-22(49)18-47)5-3-6-24(20)36-45-29-15-28-26(34(35(29)53-36)54-39(41,42)43)9-10-32(28)48-14-11-21(17-48)38(50)51/h3-8,15-16,21-22,32,49H,9-14,17-19H2,1-2H3,(H,50,51)/t21-,22-,32-/m1/s1. The van der Waals surface area contributed by atoms with Crippen LogP contribution >= 0.6 is 11.6 Å². The van der Waals surface area contributed by atoms with Crippen LogP contribution < -0.4 is 9.47 Å². The SMILES string of the molecule is COc1nc(-c2cccc(-c3cccc(-c4nc5cc6c(c(OC(F)(F)F)c5o4)CC[C@H]6N4CC[C@@H](C(=O)O)C4)c3C)c2Cl)cnc1CN1CC[C@@H](O)C1. The van der Waals surface area contributed by atoms with Crippen LogP contribution in [0, 0.1) is 12.8 Å². The van der Waals surface area contributed by atoms with Gasteiger partial charge in [0.25, 0.3) is 0 Å². The molecule has 3 aliphatic rings. The fraction of sp³-hybridized carbons (Fsp3) is 0.385. The number of aromatic nitrogens is 3. The lowest BCUT2D eigenvalue weighted by Gasteiger charge is -2.24. The fourth-order valence-corrected chi connectivity index (χ4v) is 8.46. The molecule has 4 heterocycles. The van der Waals surface area contributed by atoms with Gasteiger partial charge in [-0.15, -0.1) is 13.2 Å². The number of rotatable bonds is 9. The number of carboxylic acid groups (broad SMARTS) is 1. The van der Waals surface area contributed by atoms with Crippen LogP contribution in [0.1, 0.15) is 47.7 Å². The van der Waals surface area contributed by atoms with Gasteiger partial charge in [-0.3, -0.25) is 19.6 Å². The van der Waals surface area contributed by atoms with E-state index >= 15 is 0 Å². The van der Waals surface area contributed by atoms with Gasteiger partial charge in [-0.25, -0.2) is 9.97 Å². The van der Waals surface area contributed by atoms with E-state index in [9.17, 15) is 28.2 Å². The number of fused-ring (bicyclic) bond motifs is 2. The van der Waals surface area contributed by atoms with E-state index in [4.69, 9.17) is 30.7 Å². The van der Waals surface area contributed by atoms with Gasteiger partial charge in [-0.05, 0) is 68.0 Å². The number of hydrogen-bond donors (Lipinski definition) is 2. The molecule has 2 aliphatic heterocycles. The number of halogens is 4. The molecule has 5 aromatic rings. The largest absolute Gasteiger partial charge is 0.573 e. The van der Waals surface area contributed by atoms with Crippen molar-refractivity contribution >= 4 is 28.7 Å². The predicted molar refractivity (Wildman–Crippen MR) is 193 cm³/mol. The number of carbonyl (C=O) groups is 1. The van der Waals surface area contributed by atoms with E-state index in [0.29, 0.717) is 102 Å². The zero-order chi connectivity index (χ0) is 37.9. The van der Waals surface area contributed by atoms with Crippen LogP contribution in [0.2, 0.25) is 5.02 Å². The molecule has 2 saturated heterocycles. The molecule has 15 heteroatoms. The lowest BCUT2D eigenvalue weighted by Crippen LogP contribution is -2.26. The van der Waals surface area contributed by atoms with Gasteiger partial charge in [0.1, 0.15) is 11.2 Å². The van der Waals surface area contributed by atoms with Gasteiger partial charge in [0.2, 0.25) is 11.8 Å². The Hall–Kier alpha value is -4.76. The second-order valence-electron chi connectivity index (χ2n) is 14.1. The molecule has 8 rings (SSSR count). The lowest BCUT2D eigenvalue weighted by atomic mass is 9.94. The first-order chi connectivity index (χ1) is 25.9. The minimum atomic E-state index is -4.97.